The highest BCUT2D eigenvalue weighted by Gasteiger charge is 2.26. The second-order valence-corrected chi connectivity index (χ2v) is 5.84. The summed E-state index contributed by atoms with van der Waals surface area (Å²) in [5, 5.41) is 7.71. The summed E-state index contributed by atoms with van der Waals surface area (Å²) >= 11 is 0. The highest BCUT2D eigenvalue weighted by Crippen LogP contribution is 2.15. The highest BCUT2D eigenvalue weighted by molar-refractivity contribution is 5.95. The van der Waals surface area contributed by atoms with Crippen LogP contribution in [0.1, 0.15) is 28.5 Å². The number of hydrogen-bond donors (Lipinski definition) is 1. The van der Waals surface area contributed by atoms with Gasteiger partial charge < -0.3 is 10.2 Å². The van der Waals surface area contributed by atoms with Crippen molar-refractivity contribution in [1.29, 1.82) is 0 Å². The van der Waals surface area contributed by atoms with Crippen LogP contribution in [0.2, 0.25) is 0 Å². The minimum atomic E-state index is 0.0887. The summed E-state index contributed by atoms with van der Waals surface area (Å²) in [4.78, 5) is 14.7. The molecule has 0 radical (unpaired) electrons. The number of amides is 1. The van der Waals surface area contributed by atoms with E-state index < -0.39 is 0 Å². The molecule has 2 aromatic rings. The summed E-state index contributed by atoms with van der Waals surface area (Å²) in [6.45, 7) is 7.19. The molecule has 1 N–H and O–H groups in total. The lowest BCUT2D eigenvalue weighted by atomic mass is 10.1. The molecule has 1 amide bonds. The van der Waals surface area contributed by atoms with Gasteiger partial charge in [0, 0.05) is 31.4 Å². The molecule has 1 atom stereocenters. The van der Waals surface area contributed by atoms with Crippen LogP contribution in [-0.4, -0.2) is 46.3 Å². The molecule has 2 heterocycles. The molecule has 0 aliphatic carbocycles. The monoisotopic (exact) mass is 298 g/mol. The average molecular weight is 298 g/mol. The summed E-state index contributed by atoms with van der Waals surface area (Å²) in [5.41, 5.74) is 2.83. The molecule has 0 saturated carbocycles. The lowest BCUT2D eigenvalue weighted by Gasteiger charge is -2.33. The summed E-state index contributed by atoms with van der Waals surface area (Å²) in [5.74, 6) is 0.0887. The van der Waals surface area contributed by atoms with Crippen LogP contribution in [0.5, 0.6) is 0 Å². The number of piperazine rings is 1. The lowest BCUT2D eigenvalue weighted by Crippen LogP contribution is -2.52. The topological polar surface area (TPSA) is 50.2 Å². The predicted molar refractivity (Wildman–Crippen MR) is 85.9 cm³/mol. The van der Waals surface area contributed by atoms with E-state index in [1.165, 1.54) is 5.56 Å². The van der Waals surface area contributed by atoms with E-state index in [0.29, 0.717) is 12.1 Å². The smallest absolute Gasteiger partial charge is 0.257 e. The lowest BCUT2D eigenvalue weighted by molar-refractivity contribution is 0.0655. The Labute approximate surface area is 130 Å². The number of carbonyl (C=O) groups excluding carboxylic acids is 1. The van der Waals surface area contributed by atoms with E-state index >= 15 is 0 Å². The third-order valence-electron chi connectivity index (χ3n) is 4.27. The van der Waals surface area contributed by atoms with Crippen molar-refractivity contribution < 1.29 is 4.79 Å². The van der Waals surface area contributed by atoms with E-state index in [1.54, 1.807) is 6.20 Å². The van der Waals surface area contributed by atoms with Gasteiger partial charge in [0.2, 0.25) is 0 Å². The molecule has 1 aliphatic rings. The Bertz CT molecular complexity index is 650. The Kier molecular flexibility index (Phi) is 4.24. The van der Waals surface area contributed by atoms with Crippen LogP contribution >= 0.6 is 0 Å². The normalized spacial score (nSPS) is 18.5. The Morgan fingerprint density at radius 3 is 2.86 bits per heavy atom. The molecule has 0 bridgehead atoms. The molecule has 1 aromatic carbocycles. The number of nitrogens with one attached hydrogen (secondary N) is 1. The molecule has 5 nitrogen and oxygen atoms in total. The molecule has 1 aliphatic heterocycles. The van der Waals surface area contributed by atoms with Crippen LogP contribution in [-0.2, 0) is 6.54 Å². The Morgan fingerprint density at radius 1 is 1.36 bits per heavy atom. The number of hydrogen-bond acceptors (Lipinski definition) is 3. The molecular weight excluding hydrogens is 276 g/mol. The number of rotatable bonds is 3. The van der Waals surface area contributed by atoms with E-state index in [1.807, 2.05) is 34.7 Å². The number of aromatic nitrogens is 2. The van der Waals surface area contributed by atoms with Gasteiger partial charge in [0.15, 0.2) is 0 Å². The zero-order chi connectivity index (χ0) is 15.5. The van der Waals surface area contributed by atoms with Crippen molar-refractivity contribution in [3.05, 3.63) is 53.3 Å². The largest absolute Gasteiger partial charge is 0.333 e. The molecule has 5 heteroatoms. The second kappa shape index (κ2) is 6.32. The third kappa shape index (κ3) is 2.90. The highest BCUT2D eigenvalue weighted by atomic mass is 16.2. The Balaban J connectivity index is 1.79. The fourth-order valence-electron chi connectivity index (χ4n) is 2.87. The summed E-state index contributed by atoms with van der Waals surface area (Å²) in [6.07, 6.45) is 1.70. The van der Waals surface area contributed by atoms with E-state index in [4.69, 9.17) is 0 Å². The van der Waals surface area contributed by atoms with Crippen molar-refractivity contribution in [3.8, 4) is 0 Å². The quantitative estimate of drug-likeness (QED) is 0.938. The van der Waals surface area contributed by atoms with Crippen molar-refractivity contribution >= 4 is 5.91 Å². The zero-order valence-corrected chi connectivity index (χ0v) is 13.1. The van der Waals surface area contributed by atoms with E-state index in [2.05, 4.69) is 29.5 Å². The number of nitrogens with zero attached hydrogens (tertiary/aromatic N) is 3. The van der Waals surface area contributed by atoms with Crippen molar-refractivity contribution in [3.63, 3.8) is 0 Å². The minimum absolute atomic E-state index is 0.0887. The fourth-order valence-corrected chi connectivity index (χ4v) is 2.87. The van der Waals surface area contributed by atoms with Gasteiger partial charge in [0.05, 0.1) is 18.3 Å². The molecular formula is C17H22N4O. The third-order valence-corrected chi connectivity index (χ3v) is 4.27. The maximum absolute atomic E-state index is 12.7. The Morgan fingerprint density at radius 2 is 2.14 bits per heavy atom. The van der Waals surface area contributed by atoms with Crippen LogP contribution in [0.15, 0.2) is 36.5 Å². The summed E-state index contributed by atoms with van der Waals surface area (Å²) < 4.78 is 1.90. The van der Waals surface area contributed by atoms with Crippen molar-refractivity contribution in [2.75, 3.05) is 19.6 Å². The maximum atomic E-state index is 12.7. The van der Waals surface area contributed by atoms with Crippen LogP contribution in [0, 0.1) is 6.92 Å². The van der Waals surface area contributed by atoms with Gasteiger partial charge in [0.1, 0.15) is 0 Å². The minimum Gasteiger partial charge on any atom is -0.333 e. The molecule has 1 fully saturated rings. The van der Waals surface area contributed by atoms with Crippen LogP contribution < -0.4 is 5.32 Å². The van der Waals surface area contributed by atoms with Gasteiger partial charge in [-0.3, -0.25) is 9.48 Å². The van der Waals surface area contributed by atoms with Crippen LogP contribution in [0.4, 0.5) is 0 Å². The van der Waals surface area contributed by atoms with Gasteiger partial charge in [-0.15, -0.1) is 0 Å². The fraction of sp³-hybridized carbons (Fsp3) is 0.412. The molecule has 0 unspecified atom stereocenters. The molecule has 22 heavy (non-hydrogen) atoms. The molecule has 1 saturated heterocycles. The van der Waals surface area contributed by atoms with Gasteiger partial charge in [-0.05, 0) is 19.4 Å². The Hall–Kier alpha value is -2.14. The van der Waals surface area contributed by atoms with Crippen molar-refractivity contribution in [1.82, 2.24) is 20.0 Å². The van der Waals surface area contributed by atoms with Gasteiger partial charge in [-0.1, -0.05) is 30.3 Å². The SMILES string of the molecule is Cc1c(C(=O)N2CCNC[C@@H]2C)cnn1Cc1ccccc1. The summed E-state index contributed by atoms with van der Waals surface area (Å²) in [7, 11) is 0. The second-order valence-electron chi connectivity index (χ2n) is 5.84. The first kappa shape index (κ1) is 14.8. The van der Waals surface area contributed by atoms with E-state index in [0.717, 1.165) is 25.3 Å². The predicted octanol–water partition coefficient (Wildman–Crippen LogP) is 1.67. The van der Waals surface area contributed by atoms with Gasteiger partial charge >= 0.3 is 0 Å². The van der Waals surface area contributed by atoms with Crippen molar-refractivity contribution in [2.45, 2.75) is 26.4 Å². The molecule has 116 valence electrons. The van der Waals surface area contributed by atoms with Gasteiger partial charge in [0.25, 0.3) is 5.91 Å². The van der Waals surface area contributed by atoms with E-state index in [-0.39, 0.29) is 11.9 Å². The van der Waals surface area contributed by atoms with Crippen LogP contribution in [0.25, 0.3) is 0 Å². The van der Waals surface area contributed by atoms with Crippen LogP contribution in [0.3, 0.4) is 0 Å². The summed E-state index contributed by atoms with van der Waals surface area (Å²) in [6, 6.07) is 10.4. The standard InChI is InChI=1S/C17H22N4O/c1-13-10-18-8-9-20(13)17(22)16-11-19-21(14(16)2)12-15-6-4-3-5-7-15/h3-7,11,13,18H,8-10,12H2,1-2H3/t13-/m0/s1. The first-order valence-electron chi connectivity index (χ1n) is 7.75. The van der Waals surface area contributed by atoms with Crippen molar-refractivity contribution in [2.24, 2.45) is 0 Å². The number of carbonyl (C=O) groups is 1. The zero-order valence-electron chi connectivity index (χ0n) is 13.1. The number of benzene rings is 1. The average Bonchev–Trinajstić information content (AvgIpc) is 2.89. The first-order chi connectivity index (χ1) is 10.7. The van der Waals surface area contributed by atoms with Gasteiger partial charge in [-0.25, -0.2) is 0 Å². The van der Waals surface area contributed by atoms with E-state index in [9.17, 15) is 4.79 Å². The molecule has 1 aromatic heterocycles. The molecule has 0 spiro atoms. The maximum Gasteiger partial charge on any atom is 0.257 e. The first-order valence-corrected chi connectivity index (χ1v) is 7.75. The molecule has 3 rings (SSSR count). The van der Waals surface area contributed by atoms with Gasteiger partial charge in [-0.2, -0.15) is 5.10 Å².